The highest BCUT2D eigenvalue weighted by molar-refractivity contribution is 5.89. The number of aliphatic hydroxyl groups is 1. The predicted molar refractivity (Wildman–Crippen MR) is 107 cm³/mol. The Kier molecular flexibility index (Phi) is 4.18. The molecule has 1 saturated heterocycles. The number of aromatic nitrogens is 4. The van der Waals surface area contributed by atoms with Crippen LogP contribution in [0.25, 0.3) is 33.2 Å². The number of piperidine rings is 1. The fraction of sp³-hybridized carbons (Fsp3) is 0.286. The summed E-state index contributed by atoms with van der Waals surface area (Å²) in [6.07, 6.45) is 2.05. The van der Waals surface area contributed by atoms with Crippen LogP contribution < -0.4 is 5.32 Å². The van der Waals surface area contributed by atoms with E-state index in [1.807, 2.05) is 12.1 Å². The summed E-state index contributed by atoms with van der Waals surface area (Å²) in [7, 11) is 1.70. The zero-order valence-corrected chi connectivity index (χ0v) is 15.8. The van der Waals surface area contributed by atoms with E-state index in [1.54, 1.807) is 31.4 Å². The number of pyridine rings is 2. The number of halogens is 1. The van der Waals surface area contributed by atoms with E-state index in [1.165, 1.54) is 4.68 Å². The molecular weight excluding hydrogens is 373 g/mol. The van der Waals surface area contributed by atoms with Crippen LogP contribution in [0.3, 0.4) is 0 Å². The number of benzene rings is 1. The lowest BCUT2D eigenvalue weighted by molar-refractivity contribution is 0.117. The zero-order chi connectivity index (χ0) is 20.1. The van der Waals surface area contributed by atoms with Gasteiger partial charge in [-0.1, -0.05) is 0 Å². The van der Waals surface area contributed by atoms with E-state index >= 15 is 0 Å². The molecule has 3 aromatic heterocycles. The van der Waals surface area contributed by atoms with Crippen molar-refractivity contribution in [2.24, 2.45) is 7.05 Å². The highest BCUT2D eigenvalue weighted by Crippen LogP contribution is 2.36. The molecule has 0 bridgehead atoms. The first-order chi connectivity index (χ1) is 14.0. The lowest BCUT2D eigenvalue weighted by atomic mass is 9.91. The molecule has 148 valence electrons. The molecule has 2 atom stereocenters. The Balaban J connectivity index is 1.58. The number of fused-ring (bicyclic) bond motifs is 2. The van der Waals surface area contributed by atoms with Crippen LogP contribution in [0.15, 0.2) is 36.5 Å². The van der Waals surface area contributed by atoms with Gasteiger partial charge in [-0.05, 0) is 43.3 Å². The van der Waals surface area contributed by atoms with E-state index in [0.717, 1.165) is 18.7 Å². The minimum absolute atomic E-state index is 0.00791. The van der Waals surface area contributed by atoms with Gasteiger partial charge in [-0.25, -0.2) is 9.37 Å². The largest absolute Gasteiger partial charge is 0.504 e. The van der Waals surface area contributed by atoms with Crippen molar-refractivity contribution >= 4 is 21.9 Å². The highest BCUT2D eigenvalue weighted by Gasteiger charge is 2.26. The monoisotopic (exact) mass is 393 g/mol. The lowest BCUT2D eigenvalue weighted by Gasteiger charge is -2.27. The van der Waals surface area contributed by atoms with Gasteiger partial charge in [0.05, 0.1) is 22.8 Å². The summed E-state index contributed by atoms with van der Waals surface area (Å²) in [4.78, 5) is 9.25. The standard InChI is InChI=1S/C21H20FN5O2/c1-27-10-11-8-13(21(29)19(22)20(11)26-27)15-3-5-16-17(25-15)4-2-14(24-16)12-6-7-23-9-18(12)28/h2-5,8,10,12,18,23,28-29H,6-7,9H2,1H3/t12-,18+/m1/s1. The molecule has 0 radical (unpaired) electrons. The van der Waals surface area contributed by atoms with Gasteiger partial charge in [-0.15, -0.1) is 0 Å². The first-order valence-electron chi connectivity index (χ1n) is 9.53. The Bertz CT molecular complexity index is 1240. The van der Waals surface area contributed by atoms with Gasteiger partial charge in [0.15, 0.2) is 11.6 Å². The number of hydrogen-bond donors (Lipinski definition) is 3. The van der Waals surface area contributed by atoms with Crippen molar-refractivity contribution in [1.82, 2.24) is 25.1 Å². The van der Waals surface area contributed by atoms with Crippen LogP contribution >= 0.6 is 0 Å². The maximum atomic E-state index is 14.6. The first-order valence-corrected chi connectivity index (χ1v) is 9.53. The quantitative estimate of drug-likeness (QED) is 0.484. The van der Waals surface area contributed by atoms with Gasteiger partial charge in [0.25, 0.3) is 0 Å². The van der Waals surface area contributed by atoms with Crippen LogP contribution in [0.2, 0.25) is 0 Å². The number of aliphatic hydroxyl groups excluding tert-OH is 1. The number of rotatable bonds is 2. The van der Waals surface area contributed by atoms with E-state index in [0.29, 0.717) is 34.2 Å². The van der Waals surface area contributed by atoms with Crippen molar-refractivity contribution in [3.8, 4) is 17.0 Å². The molecule has 1 aromatic carbocycles. The molecule has 4 heterocycles. The van der Waals surface area contributed by atoms with Crippen LogP contribution in [0.4, 0.5) is 4.39 Å². The van der Waals surface area contributed by atoms with Crippen molar-refractivity contribution in [3.05, 3.63) is 48.0 Å². The maximum absolute atomic E-state index is 14.6. The number of nitrogens with one attached hydrogen (secondary N) is 1. The van der Waals surface area contributed by atoms with Crippen LogP contribution in [0.5, 0.6) is 5.75 Å². The second-order valence-electron chi connectivity index (χ2n) is 7.46. The molecule has 0 amide bonds. The Labute approximate surface area is 165 Å². The van der Waals surface area contributed by atoms with E-state index < -0.39 is 17.7 Å². The summed E-state index contributed by atoms with van der Waals surface area (Å²) < 4.78 is 16.1. The van der Waals surface area contributed by atoms with Crippen molar-refractivity contribution in [1.29, 1.82) is 0 Å². The molecule has 8 heteroatoms. The second-order valence-corrected chi connectivity index (χ2v) is 7.46. The van der Waals surface area contributed by atoms with Gasteiger partial charge in [-0.2, -0.15) is 5.10 Å². The predicted octanol–water partition coefficient (Wildman–Crippen LogP) is 2.47. The van der Waals surface area contributed by atoms with Crippen molar-refractivity contribution in [3.63, 3.8) is 0 Å². The molecule has 7 nitrogen and oxygen atoms in total. The third kappa shape index (κ3) is 3.01. The van der Waals surface area contributed by atoms with Gasteiger partial charge < -0.3 is 15.5 Å². The molecule has 0 saturated carbocycles. The Morgan fingerprint density at radius 2 is 1.97 bits per heavy atom. The van der Waals surface area contributed by atoms with E-state index in [4.69, 9.17) is 0 Å². The van der Waals surface area contributed by atoms with Crippen LogP contribution in [0.1, 0.15) is 18.0 Å². The molecule has 0 spiro atoms. The Hall–Kier alpha value is -3.10. The topological polar surface area (TPSA) is 96.1 Å². The van der Waals surface area contributed by atoms with E-state index in [9.17, 15) is 14.6 Å². The van der Waals surface area contributed by atoms with Gasteiger partial charge in [0, 0.05) is 42.4 Å². The second kappa shape index (κ2) is 6.75. The molecule has 1 aliphatic rings. The zero-order valence-electron chi connectivity index (χ0n) is 15.8. The number of phenols is 1. The van der Waals surface area contributed by atoms with Gasteiger partial charge in [-0.3, -0.25) is 9.67 Å². The summed E-state index contributed by atoms with van der Waals surface area (Å²) in [5.74, 6) is -1.23. The Morgan fingerprint density at radius 1 is 1.17 bits per heavy atom. The van der Waals surface area contributed by atoms with Crippen LogP contribution in [0, 0.1) is 5.82 Å². The molecule has 29 heavy (non-hydrogen) atoms. The van der Waals surface area contributed by atoms with Crippen molar-refractivity contribution < 1.29 is 14.6 Å². The third-order valence-corrected chi connectivity index (χ3v) is 5.50. The molecule has 3 N–H and O–H groups in total. The number of phenolic OH excluding ortho intramolecular Hbond substituents is 1. The fourth-order valence-corrected chi connectivity index (χ4v) is 4.00. The minimum Gasteiger partial charge on any atom is -0.504 e. The normalized spacial score (nSPS) is 19.8. The third-order valence-electron chi connectivity index (χ3n) is 5.50. The average molecular weight is 393 g/mol. The van der Waals surface area contributed by atoms with E-state index in [-0.39, 0.29) is 11.4 Å². The Morgan fingerprint density at radius 3 is 2.79 bits per heavy atom. The van der Waals surface area contributed by atoms with Crippen molar-refractivity contribution in [2.45, 2.75) is 18.4 Å². The highest BCUT2D eigenvalue weighted by atomic mass is 19.1. The van der Waals surface area contributed by atoms with E-state index in [2.05, 4.69) is 20.4 Å². The molecule has 0 aliphatic carbocycles. The maximum Gasteiger partial charge on any atom is 0.193 e. The lowest BCUT2D eigenvalue weighted by Crippen LogP contribution is -2.39. The smallest absolute Gasteiger partial charge is 0.193 e. The molecule has 0 unspecified atom stereocenters. The molecule has 1 fully saturated rings. The van der Waals surface area contributed by atoms with Gasteiger partial charge in [0.1, 0.15) is 5.52 Å². The average Bonchev–Trinajstić information content (AvgIpc) is 3.11. The van der Waals surface area contributed by atoms with Gasteiger partial charge in [0.2, 0.25) is 0 Å². The SMILES string of the molecule is Cn1cc2cc(-c3ccc4nc([C@H]5CCNC[C@@H]5O)ccc4n3)c(O)c(F)c2n1. The van der Waals surface area contributed by atoms with Gasteiger partial charge >= 0.3 is 0 Å². The van der Waals surface area contributed by atoms with Crippen molar-refractivity contribution in [2.75, 3.05) is 13.1 Å². The molecule has 4 aromatic rings. The number of nitrogens with zero attached hydrogens (tertiary/aromatic N) is 4. The summed E-state index contributed by atoms with van der Waals surface area (Å²) in [6, 6.07) is 8.94. The molecule has 5 rings (SSSR count). The summed E-state index contributed by atoms with van der Waals surface area (Å²) >= 11 is 0. The molecule has 1 aliphatic heterocycles. The number of aromatic hydroxyl groups is 1. The number of aryl methyl sites for hydroxylation is 1. The minimum atomic E-state index is -0.756. The number of hydrogen-bond acceptors (Lipinski definition) is 6. The van der Waals surface area contributed by atoms with Crippen LogP contribution in [-0.2, 0) is 7.05 Å². The molecular formula is C21H20FN5O2. The number of β-amino-alcohol motifs (C(OH)–C–C–N with tert-alkyl or cyclic N) is 1. The first kappa shape index (κ1) is 18.0. The summed E-state index contributed by atoms with van der Waals surface area (Å²) in [5.41, 5.74) is 3.06. The summed E-state index contributed by atoms with van der Waals surface area (Å²) in [6.45, 7) is 1.41. The summed E-state index contributed by atoms with van der Waals surface area (Å²) in [5, 5.41) is 28.4. The van der Waals surface area contributed by atoms with Crippen LogP contribution in [-0.4, -0.2) is 49.2 Å². The fourth-order valence-electron chi connectivity index (χ4n) is 4.00.